The van der Waals surface area contributed by atoms with Crippen molar-refractivity contribution in [3.8, 4) is 0 Å². The Morgan fingerprint density at radius 3 is 2.92 bits per heavy atom. The molecule has 0 saturated carbocycles. The van der Waals surface area contributed by atoms with Crippen LogP contribution in [0.2, 0.25) is 0 Å². The molecule has 2 aromatic heterocycles. The van der Waals surface area contributed by atoms with Gasteiger partial charge in [-0.15, -0.1) is 0 Å². The molecule has 7 nitrogen and oxygen atoms in total. The van der Waals surface area contributed by atoms with Crippen LogP contribution < -0.4 is 4.90 Å². The number of aryl methyl sites for hydroxylation is 1. The summed E-state index contributed by atoms with van der Waals surface area (Å²) in [5, 5.41) is 6.82. The minimum absolute atomic E-state index is 0.00881. The highest BCUT2D eigenvalue weighted by atomic mass is 19.1. The van der Waals surface area contributed by atoms with Gasteiger partial charge in [-0.1, -0.05) is 13.8 Å². The van der Waals surface area contributed by atoms with Gasteiger partial charge in [0, 0.05) is 25.7 Å². The normalized spacial score (nSPS) is 17.4. The van der Waals surface area contributed by atoms with Crippen LogP contribution in [0.5, 0.6) is 0 Å². The number of halogens is 1. The highest BCUT2D eigenvalue weighted by Gasteiger charge is 2.32. The molecule has 0 radical (unpaired) electrons. The number of nitrogens with zero attached hydrogens (tertiary/aromatic N) is 5. The number of aromatic nitrogens is 4. The van der Waals surface area contributed by atoms with E-state index >= 15 is 0 Å². The number of carbonyl (C=O) groups excluding carboxylic acids is 1. The third-order valence-electron chi connectivity index (χ3n) is 4.78. The highest BCUT2D eigenvalue weighted by Crippen LogP contribution is 2.25. The van der Waals surface area contributed by atoms with Crippen LogP contribution in [0.1, 0.15) is 47.9 Å². The first-order valence-corrected chi connectivity index (χ1v) is 8.42. The van der Waals surface area contributed by atoms with Gasteiger partial charge in [-0.3, -0.25) is 9.89 Å². The molecule has 134 valence electrons. The Morgan fingerprint density at radius 1 is 1.44 bits per heavy atom. The Kier molecular flexibility index (Phi) is 4.69. The van der Waals surface area contributed by atoms with Gasteiger partial charge in [0.1, 0.15) is 12.0 Å². The zero-order valence-corrected chi connectivity index (χ0v) is 15.0. The van der Waals surface area contributed by atoms with Gasteiger partial charge in [-0.2, -0.15) is 5.10 Å². The molecule has 1 saturated heterocycles. The van der Waals surface area contributed by atoms with E-state index in [4.69, 9.17) is 0 Å². The lowest BCUT2D eigenvalue weighted by molar-refractivity contribution is 0.0737. The van der Waals surface area contributed by atoms with Crippen LogP contribution in [0.4, 0.5) is 10.2 Å². The van der Waals surface area contributed by atoms with Gasteiger partial charge in [0.15, 0.2) is 11.6 Å². The molecule has 1 amide bonds. The van der Waals surface area contributed by atoms with E-state index < -0.39 is 5.82 Å². The maximum absolute atomic E-state index is 14.2. The lowest BCUT2D eigenvalue weighted by Gasteiger charge is -2.25. The fourth-order valence-corrected chi connectivity index (χ4v) is 3.16. The molecule has 3 rings (SSSR count). The van der Waals surface area contributed by atoms with Crippen LogP contribution in [0.15, 0.2) is 12.5 Å². The average molecular weight is 346 g/mol. The van der Waals surface area contributed by atoms with Crippen molar-refractivity contribution >= 4 is 11.7 Å². The molecule has 2 aromatic rings. The average Bonchev–Trinajstić information content (AvgIpc) is 3.25. The molecular weight excluding hydrogens is 323 g/mol. The Balaban J connectivity index is 1.74. The molecule has 1 fully saturated rings. The summed E-state index contributed by atoms with van der Waals surface area (Å²) in [5.74, 6) is 0.0321. The second kappa shape index (κ2) is 6.78. The van der Waals surface area contributed by atoms with Gasteiger partial charge in [0.05, 0.1) is 17.9 Å². The smallest absolute Gasteiger partial charge is 0.272 e. The lowest BCUT2D eigenvalue weighted by Crippen LogP contribution is -2.39. The van der Waals surface area contributed by atoms with Crippen molar-refractivity contribution in [3.05, 3.63) is 35.3 Å². The molecule has 0 spiro atoms. The number of carbonyl (C=O) groups is 1. The number of amides is 1. The Morgan fingerprint density at radius 2 is 2.20 bits per heavy atom. The van der Waals surface area contributed by atoms with Crippen molar-refractivity contribution in [2.45, 2.75) is 39.2 Å². The van der Waals surface area contributed by atoms with E-state index in [2.05, 4.69) is 20.2 Å². The van der Waals surface area contributed by atoms with Gasteiger partial charge in [-0.25, -0.2) is 14.4 Å². The van der Waals surface area contributed by atoms with Crippen LogP contribution in [0, 0.1) is 12.7 Å². The number of nitrogens with one attached hydrogen (secondary N) is 1. The van der Waals surface area contributed by atoms with E-state index in [1.54, 1.807) is 25.1 Å². The van der Waals surface area contributed by atoms with Crippen LogP contribution >= 0.6 is 0 Å². The number of rotatable bonds is 4. The van der Waals surface area contributed by atoms with E-state index in [1.807, 2.05) is 18.7 Å². The summed E-state index contributed by atoms with van der Waals surface area (Å²) in [4.78, 5) is 24.3. The molecule has 0 aliphatic carbocycles. The number of likely N-dealkylation sites (N-methyl/N-ethyl adjacent to an activating group) is 1. The van der Waals surface area contributed by atoms with E-state index in [-0.39, 0.29) is 17.9 Å². The van der Waals surface area contributed by atoms with Gasteiger partial charge in [0.2, 0.25) is 0 Å². The number of hydrogen-bond donors (Lipinski definition) is 1. The second-order valence-corrected chi connectivity index (χ2v) is 6.76. The molecule has 0 bridgehead atoms. The van der Waals surface area contributed by atoms with E-state index in [1.165, 1.54) is 6.33 Å². The minimum atomic E-state index is -0.396. The number of aromatic amines is 1. The third-order valence-corrected chi connectivity index (χ3v) is 4.78. The summed E-state index contributed by atoms with van der Waals surface area (Å²) in [6.45, 7) is 6.87. The predicted octanol–water partition coefficient (Wildman–Crippen LogP) is 2.12. The lowest BCUT2D eigenvalue weighted by atomic mass is 10.0. The molecule has 1 N–H and O–H groups in total. The Bertz CT molecular complexity index is 774. The summed E-state index contributed by atoms with van der Waals surface area (Å²) in [6.07, 6.45) is 3.83. The molecule has 1 aliphatic heterocycles. The first-order chi connectivity index (χ1) is 11.9. The first-order valence-electron chi connectivity index (χ1n) is 8.42. The van der Waals surface area contributed by atoms with Gasteiger partial charge in [-0.05, 0) is 19.3 Å². The topological polar surface area (TPSA) is 78.0 Å². The third kappa shape index (κ3) is 3.20. The van der Waals surface area contributed by atoms with Crippen molar-refractivity contribution in [1.29, 1.82) is 0 Å². The van der Waals surface area contributed by atoms with Gasteiger partial charge in [0.25, 0.3) is 5.91 Å². The van der Waals surface area contributed by atoms with Crippen molar-refractivity contribution < 1.29 is 9.18 Å². The minimum Gasteiger partial charge on any atom is -0.352 e. The number of hydrogen-bond acceptors (Lipinski definition) is 5. The van der Waals surface area contributed by atoms with Crippen molar-refractivity contribution in [1.82, 2.24) is 25.1 Å². The van der Waals surface area contributed by atoms with Crippen LogP contribution in [0.25, 0.3) is 0 Å². The van der Waals surface area contributed by atoms with Crippen LogP contribution in [0.3, 0.4) is 0 Å². The highest BCUT2D eigenvalue weighted by molar-refractivity contribution is 5.94. The molecule has 8 heteroatoms. The summed E-state index contributed by atoms with van der Waals surface area (Å²) < 4.78 is 14.2. The Labute approximate surface area is 146 Å². The van der Waals surface area contributed by atoms with Crippen molar-refractivity contribution in [3.63, 3.8) is 0 Å². The van der Waals surface area contributed by atoms with Gasteiger partial charge < -0.3 is 9.80 Å². The fraction of sp³-hybridized carbons (Fsp3) is 0.529. The largest absolute Gasteiger partial charge is 0.352 e. The van der Waals surface area contributed by atoms with E-state index in [0.717, 1.165) is 12.0 Å². The second-order valence-electron chi connectivity index (χ2n) is 6.76. The van der Waals surface area contributed by atoms with E-state index in [0.29, 0.717) is 30.3 Å². The molecule has 1 unspecified atom stereocenters. The summed E-state index contributed by atoms with van der Waals surface area (Å²) in [7, 11) is 1.78. The van der Waals surface area contributed by atoms with Crippen molar-refractivity contribution in [2.24, 2.45) is 0 Å². The summed E-state index contributed by atoms with van der Waals surface area (Å²) in [5.41, 5.74) is 1.76. The standard InChI is InChI=1S/C17H23FN6O/c1-10(2)13-7-21-22-15(13)17(25)23(4)12-5-6-24(8-12)16-14(18)11(3)19-9-20-16/h7,9-10,12H,5-6,8H2,1-4H3,(H,21,22). The molecule has 25 heavy (non-hydrogen) atoms. The fourth-order valence-electron chi connectivity index (χ4n) is 3.16. The molecule has 1 atom stereocenters. The van der Waals surface area contributed by atoms with Crippen LogP contribution in [-0.4, -0.2) is 57.2 Å². The quantitative estimate of drug-likeness (QED) is 0.917. The summed E-state index contributed by atoms with van der Waals surface area (Å²) in [6, 6.07) is -0.00881. The zero-order chi connectivity index (χ0) is 18.1. The molecule has 3 heterocycles. The summed E-state index contributed by atoms with van der Waals surface area (Å²) >= 11 is 0. The SMILES string of the molecule is Cc1ncnc(N2CCC(N(C)C(=O)c3[nH]ncc3C(C)C)C2)c1F. The zero-order valence-electron chi connectivity index (χ0n) is 15.0. The van der Waals surface area contributed by atoms with Crippen LogP contribution in [-0.2, 0) is 0 Å². The monoisotopic (exact) mass is 346 g/mol. The first kappa shape index (κ1) is 17.3. The van der Waals surface area contributed by atoms with Crippen molar-refractivity contribution in [2.75, 3.05) is 25.0 Å². The predicted molar refractivity (Wildman–Crippen MR) is 92.1 cm³/mol. The maximum Gasteiger partial charge on any atom is 0.272 e. The Hall–Kier alpha value is -2.51. The molecule has 0 aromatic carbocycles. The molecular formula is C17H23FN6O. The van der Waals surface area contributed by atoms with E-state index in [9.17, 15) is 9.18 Å². The maximum atomic E-state index is 14.2. The number of anilines is 1. The van der Waals surface area contributed by atoms with Gasteiger partial charge >= 0.3 is 0 Å². The number of H-pyrrole nitrogens is 1. The molecule has 1 aliphatic rings.